The maximum atomic E-state index is 11.5. The second kappa shape index (κ2) is 6.18. The van der Waals surface area contributed by atoms with Crippen molar-refractivity contribution in [3.05, 3.63) is 17.7 Å². The number of fused-ring (bicyclic) bond motifs is 1. The van der Waals surface area contributed by atoms with Crippen molar-refractivity contribution >= 4 is 34.7 Å². The number of thioether (sulfide) groups is 1. The summed E-state index contributed by atoms with van der Waals surface area (Å²) in [6, 6.07) is 4.51. The fourth-order valence-corrected chi connectivity index (χ4v) is 4.25. The van der Waals surface area contributed by atoms with E-state index in [1.807, 2.05) is 17.8 Å². The Morgan fingerprint density at radius 3 is 2.90 bits per heavy atom. The van der Waals surface area contributed by atoms with Gasteiger partial charge in [-0.25, -0.2) is 0 Å². The van der Waals surface area contributed by atoms with E-state index in [1.165, 1.54) is 31.2 Å². The molecule has 2 aliphatic rings. The lowest BCUT2D eigenvalue weighted by Crippen LogP contribution is -2.34. The van der Waals surface area contributed by atoms with Crippen LogP contribution in [0.4, 0.5) is 17.1 Å². The molecule has 1 heterocycles. The van der Waals surface area contributed by atoms with Gasteiger partial charge in [0.05, 0.1) is 11.4 Å². The summed E-state index contributed by atoms with van der Waals surface area (Å²) >= 11 is 1.95. The molecule has 2 atom stereocenters. The van der Waals surface area contributed by atoms with Gasteiger partial charge >= 0.3 is 0 Å². The Hall–Kier alpha value is -1.36. The first kappa shape index (κ1) is 14.6. The summed E-state index contributed by atoms with van der Waals surface area (Å²) in [6.07, 6.45) is 8.65. The summed E-state index contributed by atoms with van der Waals surface area (Å²) in [7, 11) is 0. The number of hydrogen-bond acceptors (Lipinski definition) is 4. The molecule has 1 aromatic rings. The molecule has 1 aromatic carbocycles. The number of hydrogen-bond donors (Lipinski definition) is 3. The van der Waals surface area contributed by atoms with Gasteiger partial charge in [0.2, 0.25) is 5.91 Å². The maximum Gasteiger partial charge on any atom is 0.224 e. The summed E-state index contributed by atoms with van der Waals surface area (Å²) in [4.78, 5) is 11.5. The van der Waals surface area contributed by atoms with Gasteiger partial charge in [0.25, 0.3) is 0 Å². The third kappa shape index (κ3) is 3.12. The van der Waals surface area contributed by atoms with Crippen molar-refractivity contribution < 1.29 is 4.79 Å². The van der Waals surface area contributed by atoms with Crippen molar-refractivity contribution in [3.63, 3.8) is 0 Å². The van der Waals surface area contributed by atoms with E-state index in [1.54, 1.807) is 0 Å². The molecular formula is C16H23N3OS. The predicted molar refractivity (Wildman–Crippen MR) is 91.0 cm³/mol. The molecule has 0 saturated heterocycles. The van der Waals surface area contributed by atoms with E-state index in [2.05, 4.69) is 23.0 Å². The summed E-state index contributed by atoms with van der Waals surface area (Å²) in [6.45, 7) is 0. The van der Waals surface area contributed by atoms with Crippen LogP contribution in [0.3, 0.4) is 0 Å². The fourth-order valence-electron chi connectivity index (χ4n) is 3.31. The number of rotatable bonds is 3. The third-order valence-electron chi connectivity index (χ3n) is 4.52. The van der Waals surface area contributed by atoms with Gasteiger partial charge in [0, 0.05) is 23.4 Å². The molecule has 4 N–H and O–H groups in total. The van der Waals surface area contributed by atoms with E-state index in [-0.39, 0.29) is 5.91 Å². The number of nitrogens with two attached hydrogens (primary N) is 1. The van der Waals surface area contributed by atoms with Crippen molar-refractivity contribution in [1.82, 2.24) is 0 Å². The van der Waals surface area contributed by atoms with Gasteiger partial charge in [-0.05, 0) is 43.2 Å². The zero-order valence-electron chi connectivity index (χ0n) is 12.4. The lowest BCUT2D eigenvalue weighted by atomic mass is 9.94. The molecule has 1 saturated carbocycles. The average Bonchev–Trinajstić information content (AvgIpc) is 2.49. The molecule has 4 nitrogen and oxygen atoms in total. The quantitative estimate of drug-likeness (QED) is 0.750. The van der Waals surface area contributed by atoms with Crippen LogP contribution in [0.5, 0.6) is 0 Å². The first-order chi connectivity index (χ1) is 10.2. The normalized spacial score (nSPS) is 25.1. The molecule has 3 rings (SSSR count). The molecule has 1 fully saturated rings. The Balaban J connectivity index is 1.80. The van der Waals surface area contributed by atoms with Crippen molar-refractivity contribution in [2.24, 2.45) is 0 Å². The molecule has 21 heavy (non-hydrogen) atoms. The minimum absolute atomic E-state index is 0.0809. The maximum absolute atomic E-state index is 11.5. The third-order valence-corrected chi connectivity index (χ3v) is 5.69. The van der Waals surface area contributed by atoms with Crippen LogP contribution in [0.2, 0.25) is 0 Å². The number of benzene rings is 1. The van der Waals surface area contributed by atoms with Gasteiger partial charge in [-0.2, -0.15) is 11.8 Å². The Labute approximate surface area is 130 Å². The molecule has 2 unspecified atom stereocenters. The number of amides is 1. The lowest BCUT2D eigenvalue weighted by molar-refractivity contribution is -0.116. The molecular weight excluding hydrogens is 282 g/mol. The van der Waals surface area contributed by atoms with E-state index in [9.17, 15) is 4.79 Å². The smallest absolute Gasteiger partial charge is 0.224 e. The highest BCUT2D eigenvalue weighted by Gasteiger charge is 2.25. The van der Waals surface area contributed by atoms with E-state index >= 15 is 0 Å². The van der Waals surface area contributed by atoms with Crippen molar-refractivity contribution in [1.29, 1.82) is 0 Å². The number of aryl methyl sites for hydroxylation is 1. The summed E-state index contributed by atoms with van der Waals surface area (Å²) in [5, 5.41) is 7.21. The highest BCUT2D eigenvalue weighted by Crippen LogP contribution is 2.34. The van der Waals surface area contributed by atoms with Crippen molar-refractivity contribution in [3.8, 4) is 0 Å². The highest BCUT2D eigenvalue weighted by atomic mass is 32.2. The largest absolute Gasteiger partial charge is 0.397 e. The molecule has 0 spiro atoms. The summed E-state index contributed by atoms with van der Waals surface area (Å²) in [5.41, 5.74) is 9.98. The number of carbonyl (C=O) groups is 1. The van der Waals surface area contributed by atoms with Crippen molar-refractivity contribution in [2.75, 3.05) is 22.6 Å². The minimum Gasteiger partial charge on any atom is -0.397 e. The van der Waals surface area contributed by atoms with E-state index < -0.39 is 0 Å². The summed E-state index contributed by atoms with van der Waals surface area (Å²) < 4.78 is 0. The highest BCUT2D eigenvalue weighted by molar-refractivity contribution is 7.99. The molecule has 114 valence electrons. The molecule has 1 amide bonds. The average molecular weight is 305 g/mol. The molecule has 0 aromatic heterocycles. The SMILES string of the molecule is CSC1CCCCC1Nc1cc2c(cc1N)NC(=O)CC2. The number of anilines is 3. The first-order valence-electron chi connectivity index (χ1n) is 7.69. The first-order valence-corrected chi connectivity index (χ1v) is 8.97. The number of nitrogens with one attached hydrogen (secondary N) is 2. The monoisotopic (exact) mass is 305 g/mol. The predicted octanol–water partition coefficient (Wildman–Crippen LogP) is 3.24. The number of nitrogen functional groups attached to an aromatic ring is 1. The topological polar surface area (TPSA) is 67.2 Å². The van der Waals surface area contributed by atoms with Crippen molar-refractivity contribution in [2.45, 2.75) is 49.8 Å². The summed E-state index contributed by atoms with van der Waals surface area (Å²) in [5.74, 6) is 0.0809. The van der Waals surface area contributed by atoms with Gasteiger partial charge in [0.15, 0.2) is 0 Å². The minimum atomic E-state index is 0.0809. The van der Waals surface area contributed by atoms with Gasteiger partial charge in [0.1, 0.15) is 0 Å². The van der Waals surface area contributed by atoms with Crippen LogP contribution in [-0.4, -0.2) is 23.5 Å². The van der Waals surface area contributed by atoms with Gasteiger partial charge < -0.3 is 16.4 Å². The Morgan fingerprint density at radius 1 is 1.29 bits per heavy atom. The van der Waals surface area contributed by atoms with E-state index in [4.69, 9.17) is 5.73 Å². The molecule has 1 aliphatic heterocycles. The molecule has 5 heteroatoms. The molecule has 0 bridgehead atoms. The Bertz CT molecular complexity index is 547. The second-order valence-corrected chi connectivity index (χ2v) is 7.03. The zero-order chi connectivity index (χ0) is 14.8. The number of carbonyl (C=O) groups excluding carboxylic acids is 1. The van der Waals surface area contributed by atoms with Crippen LogP contribution in [-0.2, 0) is 11.2 Å². The van der Waals surface area contributed by atoms with E-state index in [0.717, 1.165) is 23.5 Å². The van der Waals surface area contributed by atoms with Crippen LogP contribution >= 0.6 is 11.8 Å². The van der Waals surface area contributed by atoms with Gasteiger partial charge in [-0.1, -0.05) is 12.8 Å². The van der Waals surface area contributed by atoms with Crippen LogP contribution < -0.4 is 16.4 Å². The van der Waals surface area contributed by atoms with E-state index in [0.29, 0.717) is 17.7 Å². The molecule has 0 radical (unpaired) electrons. The molecule has 1 aliphatic carbocycles. The Kier molecular flexibility index (Phi) is 4.29. The van der Waals surface area contributed by atoms with Crippen LogP contribution in [0.1, 0.15) is 37.7 Å². The van der Waals surface area contributed by atoms with Crippen LogP contribution in [0.15, 0.2) is 12.1 Å². The zero-order valence-corrected chi connectivity index (χ0v) is 13.3. The van der Waals surface area contributed by atoms with Crippen LogP contribution in [0.25, 0.3) is 0 Å². The van der Waals surface area contributed by atoms with Gasteiger partial charge in [-0.3, -0.25) is 4.79 Å². The second-order valence-electron chi connectivity index (χ2n) is 5.95. The van der Waals surface area contributed by atoms with Crippen LogP contribution in [0, 0.1) is 0 Å². The fraction of sp³-hybridized carbons (Fsp3) is 0.562. The Morgan fingerprint density at radius 2 is 2.10 bits per heavy atom. The standard InChI is InChI=1S/C16H23N3OS/c1-21-15-5-3-2-4-12(15)18-14-8-10-6-7-16(20)19-13(10)9-11(14)17/h8-9,12,15,18H,2-7,17H2,1H3,(H,19,20). The lowest BCUT2D eigenvalue weighted by Gasteiger charge is -2.32. The van der Waals surface area contributed by atoms with Gasteiger partial charge in [-0.15, -0.1) is 0 Å².